The van der Waals surface area contributed by atoms with Crippen LogP contribution in [-0.4, -0.2) is 231 Å². The van der Waals surface area contributed by atoms with Crippen molar-refractivity contribution >= 4 is 42.5 Å². The molecule has 2 saturated heterocycles. The van der Waals surface area contributed by atoms with Gasteiger partial charge in [-0.05, 0) is 137 Å². The molecule has 12 atom stereocenters. The molecule has 9 N–H and O–H groups in total. The molecule has 28 nitrogen and oxygen atoms in total. The van der Waals surface area contributed by atoms with E-state index in [0.717, 1.165) is 4.90 Å². The van der Waals surface area contributed by atoms with Gasteiger partial charge >= 0.3 is 36.6 Å². The van der Waals surface area contributed by atoms with Gasteiger partial charge < -0.3 is 104 Å². The highest BCUT2D eigenvalue weighted by molar-refractivity contribution is 5.82. The van der Waals surface area contributed by atoms with Crippen LogP contribution < -0.4 is 26.6 Å². The number of carbonyl (C=O) groups excluding carboxylic acids is 7. The second-order valence-electron chi connectivity index (χ2n) is 27.0. The third-order valence-electron chi connectivity index (χ3n) is 13.1. The van der Waals surface area contributed by atoms with Gasteiger partial charge in [-0.25, -0.2) is 28.8 Å². The Hall–Kier alpha value is -5.91. The zero-order chi connectivity index (χ0) is 63.8. The lowest BCUT2D eigenvalue weighted by molar-refractivity contribution is -0.305. The van der Waals surface area contributed by atoms with Crippen molar-refractivity contribution in [3.8, 4) is 0 Å². The van der Waals surface area contributed by atoms with Gasteiger partial charge in [-0.1, -0.05) is 6.58 Å². The van der Waals surface area contributed by atoms with Crippen LogP contribution in [0.2, 0.25) is 0 Å². The van der Waals surface area contributed by atoms with Gasteiger partial charge in [-0.15, -0.1) is 0 Å². The Kier molecular flexibility index (Phi) is 23.6. The van der Waals surface area contributed by atoms with Crippen molar-refractivity contribution in [1.82, 2.24) is 41.3 Å². The Morgan fingerprint density at radius 1 is 0.762 bits per heavy atom. The molecule has 0 aromatic carbocycles. The lowest BCUT2D eigenvalue weighted by Gasteiger charge is -2.52. The van der Waals surface area contributed by atoms with Crippen LogP contribution >= 0.6 is 0 Å². The van der Waals surface area contributed by atoms with Crippen molar-refractivity contribution in [2.24, 2.45) is 5.92 Å². The molecule has 0 radical (unpaired) electrons. The first kappa shape index (κ1) is 70.6. The van der Waals surface area contributed by atoms with Gasteiger partial charge in [0.25, 0.3) is 5.91 Å². The van der Waals surface area contributed by atoms with Crippen molar-refractivity contribution in [3.05, 3.63) is 24.2 Å². The molecule has 0 bridgehead atoms. The van der Waals surface area contributed by atoms with Gasteiger partial charge in [0.15, 0.2) is 6.29 Å². The molecular formula is C56H96N8O20. The van der Waals surface area contributed by atoms with Crippen LogP contribution in [0.25, 0.3) is 0 Å². The summed E-state index contributed by atoms with van der Waals surface area (Å²) in [5.74, 6) is -2.11. The molecule has 1 saturated carbocycles. The third-order valence-corrected chi connectivity index (χ3v) is 13.1. The van der Waals surface area contributed by atoms with Gasteiger partial charge in [0.1, 0.15) is 63.8 Å². The van der Waals surface area contributed by atoms with E-state index in [-0.39, 0.29) is 57.1 Å². The molecule has 3 fully saturated rings. The Bertz CT molecular complexity index is 2350. The topological polar surface area (TPSA) is 353 Å². The van der Waals surface area contributed by atoms with Crippen LogP contribution in [0.1, 0.15) is 131 Å². The van der Waals surface area contributed by atoms with Crippen molar-refractivity contribution in [3.63, 3.8) is 0 Å². The number of hydrogen-bond acceptors (Lipinski definition) is 21. The first-order valence-electron chi connectivity index (χ1n) is 28.3. The van der Waals surface area contributed by atoms with E-state index < -0.39 is 162 Å². The number of ether oxygens (including phenoxy) is 9. The number of aliphatic hydroxyl groups is 4. The Morgan fingerprint density at radius 2 is 1.31 bits per heavy atom. The predicted molar refractivity (Wildman–Crippen MR) is 302 cm³/mol. The van der Waals surface area contributed by atoms with E-state index in [9.17, 15) is 54.0 Å². The number of hydrogen-bond donors (Lipinski definition) is 9. The minimum atomic E-state index is -1.93. The summed E-state index contributed by atoms with van der Waals surface area (Å²) in [6, 6.07) is -5.60. The summed E-state index contributed by atoms with van der Waals surface area (Å²) < 4.78 is 52.2. The highest BCUT2D eigenvalue weighted by Gasteiger charge is 2.57. The first-order valence-corrected chi connectivity index (χ1v) is 28.3. The molecule has 7 amide bonds. The quantitative estimate of drug-likeness (QED) is 0.0572. The van der Waals surface area contributed by atoms with E-state index in [1.807, 2.05) is 0 Å². The van der Waals surface area contributed by atoms with Crippen molar-refractivity contribution in [2.45, 2.75) is 231 Å². The van der Waals surface area contributed by atoms with Crippen LogP contribution in [-0.2, 0) is 47.4 Å². The molecule has 84 heavy (non-hydrogen) atoms. The molecular weight excluding hydrogens is 1100 g/mol. The van der Waals surface area contributed by atoms with Crippen molar-refractivity contribution < 1.29 is 96.6 Å². The maximum atomic E-state index is 14.0. The molecule has 1 aliphatic carbocycles. The predicted octanol–water partition coefficient (Wildman–Crippen LogP) is 3.47. The van der Waals surface area contributed by atoms with Gasteiger partial charge in [-0.3, -0.25) is 4.79 Å². The number of allylic oxidation sites excluding steroid dienone is 1. The molecule has 0 aromatic heterocycles. The molecule has 3 aliphatic heterocycles. The lowest BCUT2D eigenvalue weighted by atomic mass is 9.72. The number of aliphatic hydroxyl groups excluding tert-OH is 3. The summed E-state index contributed by atoms with van der Waals surface area (Å²) in [5, 5.41) is 61.8. The molecule has 4 rings (SSSR count). The number of nitrogens with zero attached hydrogens (tertiary/aromatic N) is 3. The number of rotatable bonds is 17. The van der Waals surface area contributed by atoms with Gasteiger partial charge in [0.2, 0.25) is 0 Å². The molecule has 28 heteroatoms. The van der Waals surface area contributed by atoms with Crippen molar-refractivity contribution in [2.75, 3.05) is 52.9 Å². The van der Waals surface area contributed by atoms with E-state index in [4.69, 9.17) is 42.6 Å². The second-order valence-corrected chi connectivity index (χ2v) is 27.0. The summed E-state index contributed by atoms with van der Waals surface area (Å²) in [4.78, 5) is 97.8. The van der Waals surface area contributed by atoms with Gasteiger partial charge in [0.05, 0.1) is 55.7 Å². The fraction of sp³-hybridized carbons (Fsp3) is 0.804. The zero-order valence-corrected chi connectivity index (χ0v) is 52.2. The molecule has 480 valence electrons. The average Bonchev–Trinajstić information content (AvgIpc) is 1.86. The van der Waals surface area contributed by atoms with Crippen LogP contribution in [0.3, 0.4) is 0 Å². The fourth-order valence-corrected chi connectivity index (χ4v) is 9.72. The standard InChI is InChI=1S/C56H96N8O20/c1-30(2)77-46(70)60-33-21-20-32(25-57-22-23-64(50(74)84-55(15,16)17)31-27-63(28-31)49(73)83-54(12,13)14)78-40(33)37-34(61-47(71)81-52(6,7)8)24-35(59-43(68)36(65)26-58-45(69)80-51(3,4)5)41(38(37)66)79-44-39(67)42(56(18,75)29-76-44)62(19)48(72)82-53(9,10)11/h20,31,33-42,44,57,65-67,75H,1,21-29H2,2-19H3,(H,58,69)(H,59,68)(H,60,70)(H,61,71)/t33-,34+,35-,36+,37-,38+,39-,40?,41+,42-,44-,56+/m1/s1. The minimum absolute atomic E-state index is 0.00564. The SMILES string of the molecule is C=C(C)OC(=O)N[C@@H]1CC=C(CNCCN(C(=O)OC(C)(C)C)C2CN(C(=O)OC(C)(C)C)C2)OC1[C@H]1[C@H](O)[C@@H](O[C@H]2OC[C@](C)(O)[C@H](N(C)C(=O)OC(C)(C)C)[C@H]2O)[C@H](NC(=O)[C@@H](O)CNC(=O)OC(C)(C)C)C[C@@H]1NC(=O)OC(C)(C)C. The average molecular weight is 1200 g/mol. The Morgan fingerprint density at radius 3 is 1.87 bits per heavy atom. The number of carbonyl (C=O) groups is 7. The van der Waals surface area contributed by atoms with E-state index in [1.54, 1.807) is 110 Å². The van der Waals surface area contributed by atoms with E-state index in [2.05, 4.69) is 33.2 Å². The summed E-state index contributed by atoms with van der Waals surface area (Å²) >= 11 is 0. The molecule has 3 heterocycles. The molecule has 0 aromatic rings. The number of amides is 7. The van der Waals surface area contributed by atoms with Crippen molar-refractivity contribution in [1.29, 1.82) is 0 Å². The Labute approximate surface area is 493 Å². The van der Waals surface area contributed by atoms with Crippen LogP contribution in [0.15, 0.2) is 24.2 Å². The van der Waals surface area contributed by atoms with Crippen LogP contribution in [0.4, 0.5) is 28.8 Å². The number of likely N-dealkylation sites (N-methyl/N-ethyl adjacent to an activating group) is 1. The smallest absolute Gasteiger partial charge is 0.412 e. The highest BCUT2D eigenvalue weighted by Crippen LogP contribution is 2.39. The number of alkyl carbamates (subject to hydrolysis) is 3. The fourth-order valence-electron chi connectivity index (χ4n) is 9.72. The van der Waals surface area contributed by atoms with E-state index in [0.29, 0.717) is 0 Å². The highest BCUT2D eigenvalue weighted by atomic mass is 16.7. The van der Waals surface area contributed by atoms with E-state index in [1.165, 1.54) is 30.7 Å². The maximum absolute atomic E-state index is 14.0. The second kappa shape index (κ2) is 28.1. The zero-order valence-electron chi connectivity index (χ0n) is 52.2. The molecule has 0 spiro atoms. The molecule has 4 aliphatic rings. The van der Waals surface area contributed by atoms with E-state index >= 15 is 0 Å². The van der Waals surface area contributed by atoms with Crippen LogP contribution in [0, 0.1) is 5.92 Å². The minimum Gasteiger partial charge on any atom is -0.491 e. The number of likely N-dealkylation sites (tertiary alicyclic amines) is 1. The normalized spacial score (nSPS) is 27.2. The summed E-state index contributed by atoms with van der Waals surface area (Å²) in [6.45, 7) is 31.1. The lowest BCUT2D eigenvalue weighted by Crippen LogP contribution is -2.71. The van der Waals surface area contributed by atoms with Gasteiger partial charge in [0, 0.05) is 45.2 Å². The largest absolute Gasteiger partial charge is 0.491 e. The summed E-state index contributed by atoms with van der Waals surface area (Å²) in [7, 11) is 1.30. The molecule has 1 unspecified atom stereocenters. The summed E-state index contributed by atoms with van der Waals surface area (Å²) in [6.07, 6.45) is -14.0. The third kappa shape index (κ3) is 21.9. The van der Waals surface area contributed by atoms with Gasteiger partial charge in [-0.2, -0.15) is 0 Å². The number of nitrogens with one attached hydrogen (secondary N) is 5. The first-order chi connectivity index (χ1) is 38.3. The maximum Gasteiger partial charge on any atom is 0.412 e. The monoisotopic (exact) mass is 1200 g/mol. The Balaban J connectivity index is 1.76. The summed E-state index contributed by atoms with van der Waals surface area (Å²) in [5.41, 5.74) is -6.44. The van der Waals surface area contributed by atoms with Crippen LogP contribution in [0.5, 0.6) is 0 Å².